The third-order valence-corrected chi connectivity index (χ3v) is 7.76. The van der Waals surface area contributed by atoms with Crippen molar-refractivity contribution in [1.29, 1.82) is 0 Å². The Morgan fingerprint density at radius 3 is 2.46 bits per heavy atom. The average molecular weight is 519 g/mol. The molecular weight excluding hydrogens is 488 g/mol. The molecule has 0 amide bonds. The summed E-state index contributed by atoms with van der Waals surface area (Å²) in [6, 6.07) is 8.53. The van der Waals surface area contributed by atoms with Gasteiger partial charge in [-0.3, -0.25) is 9.20 Å². The van der Waals surface area contributed by atoms with Crippen LogP contribution in [-0.4, -0.2) is 51.6 Å². The van der Waals surface area contributed by atoms with Crippen LogP contribution in [-0.2, 0) is 0 Å². The van der Waals surface area contributed by atoms with Gasteiger partial charge in [0, 0.05) is 49.0 Å². The molecular formula is C27H30N6O3S. The van der Waals surface area contributed by atoms with E-state index in [9.17, 15) is 14.7 Å². The summed E-state index contributed by atoms with van der Waals surface area (Å²) in [5.74, 6) is -0.299. The van der Waals surface area contributed by atoms with Gasteiger partial charge in [-0.25, -0.2) is 14.8 Å². The number of pyridine rings is 1. The van der Waals surface area contributed by atoms with Crippen molar-refractivity contribution in [2.45, 2.75) is 33.7 Å². The lowest BCUT2D eigenvalue weighted by Crippen LogP contribution is -2.47. The van der Waals surface area contributed by atoms with Crippen molar-refractivity contribution >= 4 is 39.6 Å². The highest BCUT2D eigenvalue weighted by Gasteiger charge is 2.24. The van der Waals surface area contributed by atoms with E-state index in [0.717, 1.165) is 48.1 Å². The van der Waals surface area contributed by atoms with E-state index in [1.54, 1.807) is 40.0 Å². The molecule has 3 aromatic heterocycles. The molecule has 1 atom stereocenters. The number of nitrogens with zero attached hydrogens (tertiary/aromatic N) is 5. The summed E-state index contributed by atoms with van der Waals surface area (Å²) in [5.41, 5.74) is 4.58. The van der Waals surface area contributed by atoms with Gasteiger partial charge in [0.05, 0.1) is 22.9 Å². The summed E-state index contributed by atoms with van der Waals surface area (Å²) in [7, 11) is 0. The van der Waals surface area contributed by atoms with Crippen molar-refractivity contribution in [3.63, 3.8) is 0 Å². The predicted octanol–water partition coefficient (Wildman–Crippen LogP) is 4.27. The Morgan fingerprint density at radius 1 is 1.08 bits per heavy atom. The number of fused-ring (bicyclic) bond motifs is 1. The van der Waals surface area contributed by atoms with Crippen LogP contribution in [0.15, 0.2) is 46.7 Å². The molecule has 4 aromatic rings. The van der Waals surface area contributed by atoms with E-state index in [-0.39, 0.29) is 17.2 Å². The van der Waals surface area contributed by atoms with Gasteiger partial charge in [-0.05, 0) is 51.5 Å². The largest absolute Gasteiger partial charge is 0.478 e. The summed E-state index contributed by atoms with van der Waals surface area (Å²) in [4.78, 5) is 39.3. The third-order valence-electron chi connectivity index (χ3n) is 6.74. The highest BCUT2D eigenvalue weighted by molar-refractivity contribution is 7.13. The number of anilines is 3. The third kappa shape index (κ3) is 4.76. The van der Waals surface area contributed by atoms with E-state index >= 15 is 0 Å². The topological polar surface area (TPSA) is 103 Å². The molecule has 10 heteroatoms. The van der Waals surface area contributed by atoms with E-state index in [1.165, 1.54) is 0 Å². The molecule has 1 aliphatic rings. The van der Waals surface area contributed by atoms with E-state index in [1.807, 2.05) is 40.0 Å². The number of hydrogen-bond donors (Lipinski definition) is 2. The number of aryl methyl sites for hydroxylation is 2. The number of aromatic carboxylic acids is 1. The fourth-order valence-electron chi connectivity index (χ4n) is 4.81. The molecule has 37 heavy (non-hydrogen) atoms. The summed E-state index contributed by atoms with van der Waals surface area (Å²) in [6.07, 6.45) is 1.81. The van der Waals surface area contributed by atoms with E-state index in [2.05, 4.69) is 25.5 Å². The van der Waals surface area contributed by atoms with Gasteiger partial charge in [0.2, 0.25) is 0 Å². The molecule has 1 aromatic carbocycles. The first-order valence-electron chi connectivity index (χ1n) is 12.3. The van der Waals surface area contributed by atoms with Gasteiger partial charge in [0.25, 0.3) is 5.56 Å². The zero-order valence-electron chi connectivity index (χ0n) is 21.4. The summed E-state index contributed by atoms with van der Waals surface area (Å²) in [5, 5.41) is 16.0. The molecule has 0 spiro atoms. The second-order valence-corrected chi connectivity index (χ2v) is 10.3. The van der Waals surface area contributed by atoms with Crippen molar-refractivity contribution in [3.8, 4) is 0 Å². The maximum Gasteiger partial charge on any atom is 0.337 e. The standard InChI is InChI=1S/C27H30N6O3S/c1-16-13-21(19(4)29-22-8-6-5-7-20(22)26(35)36)24-30-23(18(3)25(34)33(24)14-16)31-9-11-32(12-10-31)27-28-17(2)15-37-27/h5-8,13-15,19,29H,9-12H2,1-4H3,(H,35,36)/t19-/m1/s1. The maximum absolute atomic E-state index is 13.5. The molecule has 1 aliphatic heterocycles. The number of hydrogen-bond acceptors (Lipinski definition) is 8. The first-order valence-corrected chi connectivity index (χ1v) is 13.2. The first-order chi connectivity index (χ1) is 17.7. The smallest absolute Gasteiger partial charge is 0.337 e. The van der Waals surface area contributed by atoms with Crippen LogP contribution < -0.4 is 20.7 Å². The second kappa shape index (κ2) is 9.85. The minimum atomic E-state index is -0.997. The molecule has 192 valence electrons. The number of thiazole rings is 1. The van der Waals surface area contributed by atoms with Crippen LogP contribution in [0.5, 0.6) is 0 Å². The fourth-order valence-corrected chi connectivity index (χ4v) is 5.67. The number of piperazine rings is 1. The maximum atomic E-state index is 13.5. The van der Waals surface area contributed by atoms with Gasteiger partial charge in [-0.15, -0.1) is 11.3 Å². The Morgan fingerprint density at radius 2 is 1.78 bits per heavy atom. The molecule has 0 bridgehead atoms. The molecule has 5 rings (SSSR count). The Kier molecular flexibility index (Phi) is 6.59. The minimum absolute atomic E-state index is 0.0962. The number of carbonyl (C=O) groups is 1. The molecule has 1 fully saturated rings. The van der Waals surface area contributed by atoms with Crippen LogP contribution in [0.1, 0.15) is 45.7 Å². The number of aromatic nitrogens is 3. The Labute approximate surface area is 219 Å². The molecule has 4 heterocycles. The van der Waals surface area contributed by atoms with Crippen LogP contribution in [0, 0.1) is 20.8 Å². The van der Waals surface area contributed by atoms with Crippen molar-refractivity contribution < 1.29 is 9.90 Å². The lowest BCUT2D eigenvalue weighted by atomic mass is 10.1. The lowest BCUT2D eigenvalue weighted by molar-refractivity contribution is 0.0698. The number of benzene rings is 1. The van der Waals surface area contributed by atoms with Gasteiger partial charge in [-0.2, -0.15) is 0 Å². The Hall–Kier alpha value is -3.92. The summed E-state index contributed by atoms with van der Waals surface area (Å²) in [6.45, 7) is 10.8. The van der Waals surface area contributed by atoms with Crippen LogP contribution in [0.2, 0.25) is 0 Å². The number of carboxylic acid groups (broad SMARTS) is 1. The van der Waals surface area contributed by atoms with Crippen LogP contribution in [0.3, 0.4) is 0 Å². The van der Waals surface area contributed by atoms with Gasteiger partial charge >= 0.3 is 5.97 Å². The van der Waals surface area contributed by atoms with E-state index < -0.39 is 5.97 Å². The van der Waals surface area contributed by atoms with Crippen molar-refractivity contribution in [3.05, 3.63) is 80.2 Å². The normalized spacial score (nSPS) is 14.7. The van der Waals surface area contributed by atoms with Crippen molar-refractivity contribution in [2.24, 2.45) is 0 Å². The minimum Gasteiger partial charge on any atom is -0.478 e. The van der Waals surface area contributed by atoms with Gasteiger partial charge in [-0.1, -0.05) is 12.1 Å². The summed E-state index contributed by atoms with van der Waals surface area (Å²) < 4.78 is 1.61. The lowest BCUT2D eigenvalue weighted by Gasteiger charge is -2.36. The second-order valence-electron chi connectivity index (χ2n) is 9.49. The summed E-state index contributed by atoms with van der Waals surface area (Å²) >= 11 is 1.65. The average Bonchev–Trinajstić information content (AvgIpc) is 3.32. The van der Waals surface area contributed by atoms with Gasteiger partial charge in [0.15, 0.2) is 5.13 Å². The molecule has 2 N–H and O–H groups in total. The van der Waals surface area contributed by atoms with Crippen LogP contribution in [0.25, 0.3) is 5.65 Å². The number of rotatable bonds is 6. The Balaban J connectivity index is 1.50. The molecule has 0 saturated carbocycles. The Bertz CT molecular complexity index is 1540. The van der Waals surface area contributed by atoms with Crippen LogP contribution >= 0.6 is 11.3 Å². The SMILES string of the molecule is Cc1cc([C@@H](C)Nc2ccccc2C(=O)O)c2nc(N3CCN(c4nc(C)cs4)CC3)c(C)c(=O)n2c1. The molecule has 0 unspecified atom stereocenters. The highest BCUT2D eigenvalue weighted by Crippen LogP contribution is 2.28. The quantitative estimate of drug-likeness (QED) is 0.390. The molecule has 0 aliphatic carbocycles. The van der Waals surface area contributed by atoms with Gasteiger partial charge < -0.3 is 20.2 Å². The number of nitrogens with one attached hydrogen (secondary N) is 1. The molecule has 9 nitrogen and oxygen atoms in total. The van der Waals surface area contributed by atoms with E-state index in [0.29, 0.717) is 22.7 Å². The van der Waals surface area contributed by atoms with E-state index in [4.69, 9.17) is 4.98 Å². The highest BCUT2D eigenvalue weighted by atomic mass is 32.1. The zero-order valence-corrected chi connectivity index (χ0v) is 22.2. The van der Waals surface area contributed by atoms with Crippen molar-refractivity contribution in [1.82, 2.24) is 14.4 Å². The first kappa shape index (κ1) is 24.8. The zero-order chi connectivity index (χ0) is 26.3. The fraction of sp³-hybridized carbons (Fsp3) is 0.333. The van der Waals surface area contributed by atoms with Crippen molar-refractivity contribution in [2.75, 3.05) is 41.3 Å². The molecule has 0 radical (unpaired) electrons. The number of carboxylic acids is 1. The van der Waals surface area contributed by atoms with Gasteiger partial charge in [0.1, 0.15) is 11.5 Å². The van der Waals surface area contributed by atoms with Crippen LogP contribution in [0.4, 0.5) is 16.6 Å². The molecule has 1 saturated heterocycles. The monoisotopic (exact) mass is 518 g/mol. The number of para-hydroxylation sites is 1. The predicted molar refractivity (Wildman–Crippen MR) is 148 cm³/mol.